The van der Waals surface area contributed by atoms with E-state index in [9.17, 15) is 4.79 Å². The van der Waals surface area contributed by atoms with Gasteiger partial charge in [-0.3, -0.25) is 4.79 Å². The van der Waals surface area contributed by atoms with Crippen LogP contribution >= 0.6 is 0 Å². The molecule has 0 fully saturated rings. The van der Waals surface area contributed by atoms with Gasteiger partial charge in [0.2, 0.25) is 5.78 Å². The summed E-state index contributed by atoms with van der Waals surface area (Å²) >= 11 is 0. The number of carbonyl (C=O) groups excluding carboxylic acids is 1. The van der Waals surface area contributed by atoms with Gasteiger partial charge in [-0.25, -0.2) is 0 Å². The maximum absolute atomic E-state index is 12.2. The van der Waals surface area contributed by atoms with Crippen molar-refractivity contribution in [3.8, 4) is 5.75 Å². The number of methoxy groups -OCH3 is 1. The molecule has 0 spiro atoms. The van der Waals surface area contributed by atoms with Crippen LogP contribution in [0.15, 0.2) is 48.2 Å². The van der Waals surface area contributed by atoms with Crippen LogP contribution in [0, 0.1) is 0 Å². The summed E-state index contributed by atoms with van der Waals surface area (Å²) in [4.78, 5) is 12.2. The van der Waals surface area contributed by atoms with Gasteiger partial charge in [0.15, 0.2) is 5.76 Å². The van der Waals surface area contributed by atoms with Gasteiger partial charge in [-0.15, -0.1) is 0 Å². The molecule has 0 bridgehead atoms. The summed E-state index contributed by atoms with van der Waals surface area (Å²) in [5.41, 5.74) is 1.00. The van der Waals surface area contributed by atoms with Gasteiger partial charge in [-0.1, -0.05) is 24.3 Å². The second kappa shape index (κ2) is 5.37. The van der Waals surface area contributed by atoms with E-state index in [2.05, 4.69) is 0 Å². The van der Waals surface area contributed by atoms with Gasteiger partial charge in [0.25, 0.3) is 0 Å². The fourth-order valence-corrected chi connectivity index (χ4v) is 2.47. The summed E-state index contributed by atoms with van der Waals surface area (Å²) in [6, 6.07) is 11.9. The summed E-state index contributed by atoms with van der Waals surface area (Å²) in [6.07, 6.45) is 3.05. The first-order chi connectivity index (χ1) is 9.78. The Hall–Kier alpha value is -2.29. The van der Waals surface area contributed by atoms with E-state index in [1.807, 2.05) is 42.5 Å². The summed E-state index contributed by atoms with van der Waals surface area (Å²) in [6.45, 7) is 0.616. The number of rotatable bonds is 4. The lowest BCUT2D eigenvalue weighted by Gasteiger charge is -2.08. The monoisotopic (exact) mass is 268 g/mol. The summed E-state index contributed by atoms with van der Waals surface area (Å²) < 4.78 is 10.6. The van der Waals surface area contributed by atoms with Gasteiger partial charge in [-0.2, -0.15) is 0 Å². The van der Waals surface area contributed by atoms with Crippen molar-refractivity contribution in [2.24, 2.45) is 0 Å². The molecule has 1 aliphatic rings. The van der Waals surface area contributed by atoms with Gasteiger partial charge < -0.3 is 9.47 Å². The third kappa shape index (κ3) is 2.39. The third-order valence-electron chi connectivity index (χ3n) is 3.51. The van der Waals surface area contributed by atoms with E-state index in [1.54, 1.807) is 7.11 Å². The Morgan fingerprint density at radius 2 is 2.20 bits per heavy atom. The molecule has 0 aliphatic carbocycles. The normalized spacial score (nSPS) is 13.9. The first-order valence-corrected chi connectivity index (χ1v) is 6.70. The van der Waals surface area contributed by atoms with Gasteiger partial charge in [-0.05, 0) is 34.5 Å². The van der Waals surface area contributed by atoms with Crippen LogP contribution in [-0.2, 0) is 16.0 Å². The molecule has 0 N–H and O–H groups in total. The summed E-state index contributed by atoms with van der Waals surface area (Å²) in [5, 5.41) is 2.16. The lowest BCUT2D eigenvalue weighted by atomic mass is 9.99. The zero-order valence-electron chi connectivity index (χ0n) is 11.4. The molecule has 0 unspecified atom stereocenters. The minimum absolute atomic E-state index is 0.0396. The number of carbonyl (C=O) groups is 1. The Labute approximate surface area is 117 Å². The molecule has 0 radical (unpaired) electrons. The zero-order valence-corrected chi connectivity index (χ0v) is 11.4. The van der Waals surface area contributed by atoms with Crippen molar-refractivity contribution in [2.45, 2.75) is 12.8 Å². The molecule has 0 amide bonds. The quantitative estimate of drug-likeness (QED) is 0.853. The molecule has 0 saturated heterocycles. The lowest BCUT2D eigenvalue weighted by Crippen LogP contribution is -2.07. The molecule has 2 aromatic carbocycles. The highest BCUT2D eigenvalue weighted by atomic mass is 16.5. The van der Waals surface area contributed by atoms with E-state index in [1.165, 1.54) is 0 Å². The highest BCUT2D eigenvalue weighted by molar-refractivity contribution is 5.98. The van der Waals surface area contributed by atoms with E-state index < -0.39 is 0 Å². The molecule has 0 aromatic heterocycles. The second-order valence-electron chi connectivity index (χ2n) is 4.81. The minimum atomic E-state index is 0.0396. The number of hydrogen-bond acceptors (Lipinski definition) is 3. The van der Waals surface area contributed by atoms with Crippen LogP contribution in [0.25, 0.3) is 10.8 Å². The smallest absolute Gasteiger partial charge is 0.201 e. The van der Waals surface area contributed by atoms with Crippen LogP contribution in [-0.4, -0.2) is 19.5 Å². The lowest BCUT2D eigenvalue weighted by molar-refractivity contribution is -0.117. The molecule has 1 aliphatic heterocycles. The average Bonchev–Trinajstić information content (AvgIpc) is 3.01. The molecule has 0 saturated carbocycles. The molecule has 3 rings (SSSR count). The van der Waals surface area contributed by atoms with Crippen molar-refractivity contribution in [3.05, 3.63) is 53.8 Å². The van der Waals surface area contributed by atoms with Crippen LogP contribution < -0.4 is 4.74 Å². The van der Waals surface area contributed by atoms with Gasteiger partial charge in [0.05, 0.1) is 13.7 Å². The largest absolute Gasteiger partial charge is 0.497 e. The van der Waals surface area contributed by atoms with Gasteiger partial charge >= 0.3 is 0 Å². The minimum Gasteiger partial charge on any atom is -0.497 e. The molecule has 20 heavy (non-hydrogen) atoms. The number of ether oxygens (including phenoxy) is 2. The van der Waals surface area contributed by atoms with Crippen LogP contribution in [0.1, 0.15) is 12.0 Å². The molecule has 0 atom stereocenters. The Bertz CT molecular complexity index is 686. The Kier molecular flexibility index (Phi) is 3.42. The van der Waals surface area contributed by atoms with Gasteiger partial charge in [0.1, 0.15) is 5.75 Å². The molecule has 3 heteroatoms. The zero-order chi connectivity index (χ0) is 13.9. The fourth-order valence-electron chi connectivity index (χ4n) is 2.47. The maximum atomic E-state index is 12.2. The van der Waals surface area contributed by atoms with Crippen LogP contribution in [0.5, 0.6) is 5.75 Å². The number of allylic oxidation sites excluding steroid dienone is 1. The van der Waals surface area contributed by atoms with Crippen LogP contribution in [0.3, 0.4) is 0 Å². The topological polar surface area (TPSA) is 35.5 Å². The number of hydrogen-bond donors (Lipinski definition) is 0. The van der Waals surface area contributed by atoms with E-state index >= 15 is 0 Å². The highest BCUT2D eigenvalue weighted by Crippen LogP contribution is 2.25. The number of benzene rings is 2. The SMILES string of the molecule is COc1ccc2cccc(CC(=O)C3=CCCO3)c2c1. The summed E-state index contributed by atoms with van der Waals surface area (Å²) in [7, 11) is 1.64. The highest BCUT2D eigenvalue weighted by Gasteiger charge is 2.16. The number of Topliss-reactive ketones (excluding diaryl/α,β-unsaturated/α-hetero) is 1. The van der Waals surface area contributed by atoms with Crippen LogP contribution in [0.4, 0.5) is 0 Å². The fraction of sp³-hybridized carbons (Fsp3) is 0.235. The standard InChI is InChI=1S/C17H16O3/c1-19-14-8-7-12-4-2-5-13(15(12)11-14)10-16(18)17-6-3-9-20-17/h2,4-8,11H,3,9-10H2,1H3. The molecule has 102 valence electrons. The van der Waals surface area contributed by atoms with E-state index in [4.69, 9.17) is 9.47 Å². The number of fused-ring (bicyclic) bond motifs is 1. The average molecular weight is 268 g/mol. The maximum Gasteiger partial charge on any atom is 0.201 e. The van der Waals surface area contributed by atoms with Crippen molar-refractivity contribution < 1.29 is 14.3 Å². The molecule has 2 aromatic rings. The van der Waals surface area contributed by atoms with Crippen molar-refractivity contribution >= 4 is 16.6 Å². The van der Waals surface area contributed by atoms with Crippen LogP contribution in [0.2, 0.25) is 0 Å². The van der Waals surface area contributed by atoms with Crippen molar-refractivity contribution in [1.82, 2.24) is 0 Å². The Morgan fingerprint density at radius 3 is 2.95 bits per heavy atom. The Morgan fingerprint density at radius 1 is 1.30 bits per heavy atom. The molecular weight excluding hydrogens is 252 g/mol. The second-order valence-corrected chi connectivity index (χ2v) is 4.81. The predicted molar refractivity (Wildman–Crippen MR) is 77.9 cm³/mol. The molecule has 3 nitrogen and oxygen atoms in total. The molecular formula is C17H16O3. The predicted octanol–water partition coefficient (Wildman–Crippen LogP) is 3.26. The van der Waals surface area contributed by atoms with Crippen molar-refractivity contribution in [2.75, 3.05) is 13.7 Å². The number of ketones is 1. The molecule has 1 heterocycles. The Balaban J connectivity index is 1.96. The van der Waals surface area contributed by atoms with E-state index in [0.29, 0.717) is 18.8 Å². The first-order valence-electron chi connectivity index (χ1n) is 6.70. The van der Waals surface area contributed by atoms with E-state index in [-0.39, 0.29) is 5.78 Å². The summed E-state index contributed by atoms with van der Waals surface area (Å²) in [5.74, 6) is 1.34. The van der Waals surface area contributed by atoms with Crippen molar-refractivity contribution in [3.63, 3.8) is 0 Å². The van der Waals surface area contributed by atoms with Crippen molar-refractivity contribution in [1.29, 1.82) is 0 Å². The van der Waals surface area contributed by atoms with Gasteiger partial charge in [0, 0.05) is 12.8 Å². The third-order valence-corrected chi connectivity index (χ3v) is 3.51. The first kappa shape index (κ1) is 12.7. The van der Waals surface area contributed by atoms with E-state index in [0.717, 1.165) is 28.5 Å².